The predicted octanol–water partition coefficient (Wildman–Crippen LogP) is 3.95. The molecule has 0 amide bonds. The van der Waals surface area contributed by atoms with Crippen LogP contribution in [-0.2, 0) is 15.6 Å². The van der Waals surface area contributed by atoms with Crippen molar-refractivity contribution in [3.63, 3.8) is 0 Å². The average Bonchev–Trinajstić information content (AvgIpc) is 2.44. The molecule has 0 aliphatic carbocycles. The lowest BCUT2D eigenvalue weighted by Crippen LogP contribution is -2.41. The van der Waals surface area contributed by atoms with Gasteiger partial charge in [0, 0.05) is 18.7 Å². The van der Waals surface area contributed by atoms with Crippen LogP contribution in [0.25, 0.3) is 0 Å². The van der Waals surface area contributed by atoms with E-state index in [1.165, 1.54) is 19.2 Å². The summed E-state index contributed by atoms with van der Waals surface area (Å²) in [5.74, 6) is -0.583. The molecule has 7 heteroatoms. The second-order valence-corrected chi connectivity index (χ2v) is 11.8. The summed E-state index contributed by atoms with van der Waals surface area (Å²) >= 11 is 0. The molecule has 0 heterocycles. The molecule has 0 atom stereocenters. The molecule has 0 saturated heterocycles. The Labute approximate surface area is 138 Å². The molecule has 23 heavy (non-hydrogen) atoms. The predicted molar refractivity (Wildman–Crippen MR) is 91.3 cm³/mol. The second-order valence-electron chi connectivity index (χ2n) is 7.00. The zero-order valence-electron chi connectivity index (χ0n) is 14.6. The second kappa shape index (κ2) is 7.23. The highest BCUT2D eigenvalue weighted by Crippen LogP contribution is 2.36. The topological polar surface area (TPSA) is 78.7 Å². The number of benzene rings is 1. The molecule has 0 unspecified atom stereocenters. The van der Waals surface area contributed by atoms with Gasteiger partial charge in [0.25, 0.3) is 5.69 Å². The number of nitro benzene ring substituents is 1. The van der Waals surface area contributed by atoms with Crippen LogP contribution in [0.1, 0.15) is 36.7 Å². The van der Waals surface area contributed by atoms with Gasteiger partial charge in [-0.15, -0.1) is 0 Å². The largest absolute Gasteiger partial charge is 0.465 e. The van der Waals surface area contributed by atoms with E-state index in [4.69, 9.17) is 4.43 Å². The van der Waals surface area contributed by atoms with Crippen molar-refractivity contribution in [2.45, 2.75) is 45.3 Å². The Morgan fingerprint density at radius 1 is 1.26 bits per heavy atom. The number of nitro groups is 1. The smallest absolute Gasteiger partial charge is 0.338 e. The molecule has 6 nitrogen and oxygen atoms in total. The summed E-state index contributed by atoms with van der Waals surface area (Å²) in [6.07, 6.45) is 0.512. The fourth-order valence-corrected chi connectivity index (χ4v) is 2.85. The van der Waals surface area contributed by atoms with E-state index in [0.29, 0.717) is 18.6 Å². The minimum absolute atomic E-state index is 0.104. The van der Waals surface area contributed by atoms with Crippen molar-refractivity contribution in [1.29, 1.82) is 0 Å². The molecule has 0 spiro atoms. The van der Waals surface area contributed by atoms with Crippen LogP contribution in [0.3, 0.4) is 0 Å². The summed E-state index contributed by atoms with van der Waals surface area (Å²) in [4.78, 5) is 22.1. The van der Waals surface area contributed by atoms with Crippen LogP contribution < -0.4 is 0 Å². The lowest BCUT2D eigenvalue weighted by Gasteiger charge is -2.36. The summed E-state index contributed by atoms with van der Waals surface area (Å²) in [5, 5.41) is 11.1. The molecule has 0 saturated carbocycles. The van der Waals surface area contributed by atoms with Crippen LogP contribution >= 0.6 is 0 Å². The van der Waals surface area contributed by atoms with E-state index in [1.54, 1.807) is 6.07 Å². The molecule has 0 aliphatic rings. The first-order valence-electron chi connectivity index (χ1n) is 7.48. The molecule has 1 aromatic rings. The van der Waals surface area contributed by atoms with E-state index < -0.39 is 19.2 Å². The number of nitrogens with zero attached hydrogens (tertiary/aromatic N) is 1. The third-order valence-electron chi connectivity index (χ3n) is 4.27. The summed E-state index contributed by atoms with van der Waals surface area (Å²) in [6.45, 7) is 11.2. The quantitative estimate of drug-likeness (QED) is 0.339. The monoisotopic (exact) mass is 339 g/mol. The van der Waals surface area contributed by atoms with Crippen molar-refractivity contribution < 1.29 is 18.9 Å². The van der Waals surface area contributed by atoms with Crippen LogP contribution in [0.2, 0.25) is 18.1 Å². The number of esters is 1. The summed E-state index contributed by atoms with van der Waals surface area (Å²) in [6, 6.07) is 4.32. The molecule has 128 valence electrons. The van der Waals surface area contributed by atoms with E-state index in [1.807, 2.05) is 0 Å². The highest BCUT2D eigenvalue weighted by Gasteiger charge is 2.36. The summed E-state index contributed by atoms with van der Waals surface area (Å²) in [7, 11) is -0.611. The third kappa shape index (κ3) is 5.14. The van der Waals surface area contributed by atoms with E-state index in [2.05, 4.69) is 38.6 Å². The summed E-state index contributed by atoms with van der Waals surface area (Å²) in [5.41, 5.74) is 0.762. The molecule has 1 aromatic carbocycles. The van der Waals surface area contributed by atoms with Crippen LogP contribution in [-0.4, -0.2) is 32.9 Å². The van der Waals surface area contributed by atoms with Crippen LogP contribution in [0.5, 0.6) is 0 Å². The van der Waals surface area contributed by atoms with E-state index >= 15 is 0 Å². The third-order valence-corrected chi connectivity index (χ3v) is 8.81. The van der Waals surface area contributed by atoms with Crippen molar-refractivity contribution in [2.75, 3.05) is 13.7 Å². The van der Waals surface area contributed by atoms with Gasteiger partial charge in [0.2, 0.25) is 0 Å². The zero-order valence-corrected chi connectivity index (χ0v) is 15.6. The minimum atomic E-state index is -1.86. The molecule has 1 rings (SSSR count). The Balaban J connectivity index is 2.90. The van der Waals surface area contributed by atoms with Crippen molar-refractivity contribution >= 4 is 20.0 Å². The van der Waals surface area contributed by atoms with Gasteiger partial charge in [-0.1, -0.05) is 20.8 Å². The molecule has 0 aromatic heterocycles. The molecule has 0 fully saturated rings. The number of hydrogen-bond acceptors (Lipinski definition) is 5. The number of rotatable bonds is 6. The highest BCUT2D eigenvalue weighted by atomic mass is 28.4. The Morgan fingerprint density at radius 3 is 2.35 bits per heavy atom. The Bertz CT molecular complexity index is 593. The maximum atomic E-state index is 11.6. The fraction of sp³-hybridized carbons (Fsp3) is 0.562. The van der Waals surface area contributed by atoms with Crippen LogP contribution in [0.4, 0.5) is 5.69 Å². The van der Waals surface area contributed by atoms with Gasteiger partial charge in [-0.05, 0) is 36.2 Å². The molecule has 0 radical (unpaired) electrons. The maximum Gasteiger partial charge on any atom is 0.338 e. The minimum Gasteiger partial charge on any atom is -0.465 e. The standard InChI is InChI=1S/C16H25NO5Si/c1-16(2,3)23(5,6)22-8-7-12-9-13(15(18)21-4)11-14(10-12)17(19)20/h9-11H,7-8H2,1-6H3. The number of carbonyl (C=O) groups excluding carboxylic acids is 1. The van der Waals surface area contributed by atoms with E-state index in [-0.39, 0.29) is 16.3 Å². The molecule has 0 bridgehead atoms. The van der Waals surface area contributed by atoms with Gasteiger partial charge >= 0.3 is 5.97 Å². The van der Waals surface area contributed by atoms with Gasteiger partial charge in [0.1, 0.15) is 0 Å². The number of methoxy groups -OCH3 is 1. The molecule has 0 aliphatic heterocycles. The van der Waals surface area contributed by atoms with Crippen molar-refractivity contribution in [2.24, 2.45) is 0 Å². The highest BCUT2D eigenvalue weighted by molar-refractivity contribution is 6.74. The number of ether oxygens (including phenoxy) is 1. The molecule has 0 N–H and O–H groups in total. The van der Waals surface area contributed by atoms with Crippen LogP contribution in [0.15, 0.2) is 18.2 Å². The number of carbonyl (C=O) groups is 1. The number of hydrogen-bond donors (Lipinski definition) is 0. The maximum absolute atomic E-state index is 11.6. The van der Waals surface area contributed by atoms with Gasteiger partial charge in [0.15, 0.2) is 8.32 Å². The SMILES string of the molecule is COC(=O)c1cc(CCO[Si](C)(C)C(C)(C)C)cc([N+](=O)[O-])c1. The first-order chi connectivity index (χ1) is 10.5. The van der Waals surface area contributed by atoms with Gasteiger partial charge in [-0.3, -0.25) is 10.1 Å². The Hall–Kier alpha value is -1.73. The van der Waals surface area contributed by atoms with Crippen molar-refractivity contribution in [1.82, 2.24) is 0 Å². The number of non-ortho nitro benzene ring substituents is 1. The Kier molecular flexibility index (Phi) is 6.07. The zero-order chi connectivity index (χ0) is 17.8. The van der Waals surface area contributed by atoms with Gasteiger partial charge in [-0.2, -0.15) is 0 Å². The normalized spacial score (nSPS) is 12.1. The van der Waals surface area contributed by atoms with E-state index in [9.17, 15) is 14.9 Å². The molecular formula is C16H25NO5Si. The fourth-order valence-electron chi connectivity index (χ4n) is 1.80. The molecular weight excluding hydrogens is 314 g/mol. The lowest BCUT2D eigenvalue weighted by molar-refractivity contribution is -0.384. The van der Waals surface area contributed by atoms with Gasteiger partial charge in [0.05, 0.1) is 17.6 Å². The summed E-state index contributed by atoms with van der Waals surface area (Å²) < 4.78 is 10.7. The van der Waals surface area contributed by atoms with Crippen molar-refractivity contribution in [3.8, 4) is 0 Å². The first-order valence-corrected chi connectivity index (χ1v) is 10.4. The average molecular weight is 339 g/mol. The van der Waals surface area contributed by atoms with Crippen LogP contribution in [0, 0.1) is 10.1 Å². The van der Waals surface area contributed by atoms with E-state index in [0.717, 1.165) is 0 Å². The van der Waals surface area contributed by atoms with Gasteiger partial charge in [-0.25, -0.2) is 4.79 Å². The first kappa shape index (κ1) is 19.3. The van der Waals surface area contributed by atoms with Gasteiger partial charge < -0.3 is 9.16 Å². The lowest BCUT2D eigenvalue weighted by atomic mass is 10.1. The van der Waals surface area contributed by atoms with Crippen molar-refractivity contribution in [3.05, 3.63) is 39.4 Å². The Morgan fingerprint density at radius 2 is 1.87 bits per heavy atom.